The molecule has 4 heteroatoms. The fourth-order valence-corrected chi connectivity index (χ4v) is 1.95. The molecule has 0 saturated heterocycles. The van der Waals surface area contributed by atoms with E-state index in [-0.39, 0.29) is 12.5 Å². The van der Waals surface area contributed by atoms with Crippen molar-refractivity contribution in [2.45, 2.75) is 20.8 Å². The topological polar surface area (TPSA) is 32.7 Å². The Hall–Kier alpha value is -2.49. The largest absolute Gasteiger partial charge is 0.288 e. The van der Waals surface area contributed by atoms with Crippen molar-refractivity contribution < 1.29 is 9.18 Å². The summed E-state index contributed by atoms with van der Waals surface area (Å²) in [6, 6.07) is 0. The van der Waals surface area contributed by atoms with Gasteiger partial charge in [0.05, 0.1) is 6.54 Å². The molecule has 0 N–H and O–H groups in total. The van der Waals surface area contributed by atoms with Gasteiger partial charge in [-0.25, -0.2) is 9.38 Å². The highest BCUT2D eigenvalue weighted by Gasteiger charge is 2.25. The molecular weight excluding hydrogens is 279 g/mol. The third-order valence-electron chi connectivity index (χ3n) is 3.26. The summed E-state index contributed by atoms with van der Waals surface area (Å²) in [5.41, 5.74) is 2.34. The maximum atomic E-state index is 13.4. The van der Waals surface area contributed by atoms with Crippen LogP contribution in [-0.2, 0) is 4.79 Å². The van der Waals surface area contributed by atoms with Gasteiger partial charge in [-0.2, -0.15) is 0 Å². The van der Waals surface area contributed by atoms with E-state index in [2.05, 4.69) is 24.7 Å². The molecular formula is C18H21FN2O. The summed E-state index contributed by atoms with van der Waals surface area (Å²) < 4.78 is 13.4. The van der Waals surface area contributed by atoms with Gasteiger partial charge in [-0.3, -0.25) is 9.69 Å². The predicted octanol–water partition coefficient (Wildman–Crippen LogP) is 4.25. The first-order valence-corrected chi connectivity index (χ1v) is 6.89. The normalized spacial score (nSPS) is 19.5. The Balaban J connectivity index is 3.35. The van der Waals surface area contributed by atoms with Crippen LogP contribution in [0.4, 0.5) is 4.39 Å². The molecule has 1 rings (SSSR count). The monoisotopic (exact) mass is 300 g/mol. The number of hydrogen-bond donors (Lipinski definition) is 0. The molecule has 0 aromatic rings. The SMILES string of the molecule is C=C/C(CN1C(=O)C=C/C(=C/C)C1=NC(=C)C)=C(/C)C(=C)F. The molecule has 22 heavy (non-hydrogen) atoms. The Kier molecular flexibility index (Phi) is 5.99. The van der Waals surface area contributed by atoms with E-state index >= 15 is 0 Å². The molecule has 116 valence electrons. The molecule has 3 nitrogen and oxygen atoms in total. The second-order valence-corrected chi connectivity index (χ2v) is 4.93. The van der Waals surface area contributed by atoms with E-state index in [1.165, 1.54) is 17.1 Å². The van der Waals surface area contributed by atoms with E-state index in [0.717, 1.165) is 5.57 Å². The molecule has 1 aliphatic rings. The van der Waals surface area contributed by atoms with Crippen LogP contribution in [0.1, 0.15) is 20.8 Å². The van der Waals surface area contributed by atoms with Crippen LogP contribution in [0.3, 0.4) is 0 Å². The van der Waals surface area contributed by atoms with Crippen molar-refractivity contribution in [1.82, 2.24) is 4.90 Å². The third-order valence-corrected chi connectivity index (χ3v) is 3.26. The van der Waals surface area contributed by atoms with E-state index in [9.17, 15) is 9.18 Å². The number of carbonyl (C=O) groups excluding carboxylic acids is 1. The first-order valence-electron chi connectivity index (χ1n) is 6.89. The lowest BCUT2D eigenvalue weighted by Gasteiger charge is -2.28. The summed E-state index contributed by atoms with van der Waals surface area (Å²) in [7, 11) is 0. The van der Waals surface area contributed by atoms with Gasteiger partial charge >= 0.3 is 0 Å². The van der Waals surface area contributed by atoms with Gasteiger partial charge in [0.2, 0.25) is 0 Å². The summed E-state index contributed by atoms with van der Waals surface area (Å²) in [5.74, 6) is -0.263. The van der Waals surface area contributed by atoms with Crippen LogP contribution in [0.25, 0.3) is 0 Å². The zero-order valence-corrected chi connectivity index (χ0v) is 13.3. The quantitative estimate of drug-likeness (QED) is 0.699. The minimum atomic E-state index is -0.542. The van der Waals surface area contributed by atoms with Crippen molar-refractivity contribution in [3.8, 4) is 0 Å². The van der Waals surface area contributed by atoms with Gasteiger partial charge in [-0.1, -0.05) is 31.9 Å². The Bertz CT molecular complexity index is 648. The number of amides is 1. The summed E-state index contributed by atoms with van der Waals surface area (Å²) >= 11 is 0. The van der Waals surface area contributed by atoms with E-state index in [4.69, 9.17) is 0 Å². The Morgan fingerprint density at radius 2 is 2.00 bits per heavy atom. The average molecular weight is 300 g/mol. The van der Waals surface area contributed by atoms with Crippen LogP contribution < -0.4 is 0 Å². The molecule has 1 amide bonds. The van der Waals surface area contributed by atoms with E-state index < -0.39 is 5.83 Å². The van der Waals surface area contributed by atoms with Gasteiger partial charge in [0, 0.05) is 17.3 Å². The van der Waals surface area contributed by atoms with Crippen molar-refractivity contribution >= 4 is 11.7 Å². The first kappa shape index (κ1) is 17.6. The summed E-state index contributed by atoms with van der Waals surface area (Å²) in [6.45, 7) is 16.1. The van der Waals surface area contributed by atoms with Crippen LogP contribution in [0.15, 0.2) is 77.3 Å². The number of amidine groups is 1. The fourth-order valence-electron chi connectivity index (χ4n) is 1.95. The number of allylic oxidation sites excluding steroid dienone is 4. The highest BCUT2D eigenvalue weighted by atomic mass is 19.1. The lowest BCUT2D eigenvalue weighted by Crippen LogP contribution is -2.40. The molecule has 0 aliphatic carbocycles. The number of nitrogens with zero attached hydrogens (tertiary/aromatic N) is 2. The van der Waals surface area contributed by atoms with Crippen molar-refractivity contribution in [1.29, 1.82) is 0 Å². The molecule has 1 heterocycles. The zero-order valence-electron chi connectivity index (χ0n) is 13.3. The van der Waals surface area contributed by atoms with Crippen LogP contribution >= 0.6 is 0 Å². The summed E-state index contributed by atoms with van der Waals surface area (Å²) in [6.07, 6.45) is 6.56. The van der Waals surface area contributed by atoms with E-state index in [1.54, 1.807) is 19.9 Å². The molecule has 0 aromatic carbocycles. The lowest BCUT2D eigenvalue weighted by atomic mass is 10.0. The molecule has 0 unspecified atom stereocenters. The molecule has 0 saturated carbocycles. The highest BCUT2D eigenvalue weighted by Crippen LogP contribution is 2.20. The number of halogens is 1. The van der Waals surface area contributed by atoms with Crippen molar-refractivity contribution in [2.24, 2.45) is 4.99 Å². The molecule has 0 bridgehead atoms. The first-order chi connectivity index (χ1) is 10.3. The number of aliphatic imine (C=N–C) groups is 1. The van der Waals surface area contributed by atoms with Crippen LogP contribution in [0.5, 0.6) is 0 Å². The predicted molar refractivity (Wildman–Crippen MR) is 90.0 cm³/mol. The second kappa shape index (κ2) is 7.50. The number of hydrogen-bond acceptors (Lipinski definition) is 2. The molecule has 0 radical (unpaired) electrons. The minimum absolute atomic E-state index is 0.172. The molecule has 0 atom stereocenters. The van der Waals surface area contributed by atoms with Gasteiger partial charge < -0.3 is 0 Å². The second-order valence-electron chi connectivity index (χ2n) is 4.93. The maximum Gasteiger partial charge on any atom is 0.252 e. The lowest BCUT2D eigenvalue weighted by molar-refractivity contribution is -0.122. The Morgan fingerprint density at radius 3 is 2.45 bits per heavy atom. The van der Waals surface area contributed by atoms with Gasteiger partial charge in [-0.05, 0) is 38.0 Å². The van der Waals surface area contributed by atoms with Crippen LogP contribution in [0, 0.1) is 0 Å². The van der Waals surface area contributed by atoms with Gasteiger partial charge in [-0.15, -0.1) is 0 Å². The maximum absolute atomic E-state index is 13.4. The molecule has 1 aliphatic heterocycles. The number of rotatable bonds is 5. The van der Waals surface area contributed by atoms with Crippen molar-refractivity contribution in [3.63, 3.8) is 0 Å². The van der Waals surface area contributed by atoms with E-state index in [0.29, 0.717) is 22.7 Å². The third kappa shape index (κ3) is 4.01. The smallest absolute Gasteiger partial charge is 0.252 e. The Labute approximate surface area is 131 Å². The van der Waals surface area contributed by atoms with Crippen LogP contribution in [-0.4, -0.2) is 23.2 Å². The average Bonchev–Trinajstić information content (AvgIpc) is 2.46. The highest BCUT2D eigenvalue weighted by molar-refractivity contribution is 6.15. The standard InChI is InChI=1S/C18H21FN2O/c1-7-15-9-10-17(22)21(18(15)20-12(3)4)11-16(8-2)13(5)14(6)19/h7-10H,2-3,6,11H2,1,4-5H3/b15-7-,16-13+,20-18?. The van der Waals surface area contributed by atoms with Gasteiger partial charge in [0.15, 0.2) is 0 Å². The van der Waals surface area contributed by atoms with Crippen LogP contribution in [0.2, 0.25) is 0 Å². The summed E-state index contributed by atoms with van der Waals surface area (Å²) in [4.78, 5) is 18.0. The van der Waals surface area contributed by atoms with Gasteiger partial charge in [0.25, 0.3) is 5.91 Å². The van der Waals surface area contributed by atoms with Crippen molar-refractivity contribution in [3.05, 3.63) is 72.3 Å². The zero-order chi connectivity index (χ0) is 16.9. The Morgan fingerprint density at radius 1 is 1.36 bits per heavy atom. The van der Waals surface area contributed by atoms with Gasteiger partial charge in [0.1, 0.15) is 11.7 Å². The molecule has 0 spiro atoms. The van der Waals surface area contributed by atoms with Crippen molar-refractivity contribution in [2.75, 3.05) is 6.54 Å². The molecule has 0 aromatic heterocycles. The fraction of sp³-hybridized carbons (Fsp3) is 0.222. The van der Waals surface area contributed by atoms with E-state index in [1.807, 2.05) is 13.0 Å². The number of carbonyl (C=O) groups is 1. The summed E-state index contributed by atoms with van der Waals surface area (Å²) in [5, 5.41) is 0. The molecule has 0 fully saturated rings. The minimum Gasteiger partial charge on any atom is -0.288 e.